The van der Waals surface area contributed by atoms with Gasteiger partial charge < -0.3 is 0 Å². The van der Waals surface area contributed by atoms with Crippen LogP contribution in [-0.4, -0.2) is 0 Å². The molecule has 5 heteroatoms. The standard InChI is InChI=1S/Ce.La.Nd.Pr.Sc. The Kier molecular flexibility index (Phi) is 136. The van der Waals surface area contributed by atoms with Gasteiger partial charge in [0.25, 0.3) is 0 Å². The van der Waals surface area contributed by atoms with Crippen LogP contribution in [0.5, 0.6) is 0 Å². The van der Waals surface area contributed by atoms with Gasteiger partial charge in [-0.1, -0.05) is 0 Å². The average molecular weight is 609 g/mol. The van der Waals surface area contributed by atoms with E-state index in [1.807, 2.05) is 0 Å². The van der Waals surface area contributed by atoms with Crippen molar-refractivity contribution < 1.29 is 185 Å². The van der Waals surface area contributed by atoms with Gasteiger partial charge >= 0.3 is 0 Å². The molecular formula is CeLaNdPrSc. The first-order valence-corrected chi connectivity index (χ1v) is 0. The van der Waals surface area contributed by atoms with E-state index in [4.69, 9.17) is 0 Å². The molecule has 3 radical (unpaired) electrons. The molecule has 0 aromatic rings. The van der Waals surface area contributed by atoms with Crippen molar-refractivity contribution >= 4 is 0 Å². The second kappa shape index (κ2) is 22.5. The van der Waals surface area contributed by atoms with Crippen LogP contribution in [0.4, 0.5) is 0 Å². The number of hydrogen-bond acceptors (Lipinski definition) is 0. The Morgan fingerprint density at radius 1 is 1.00 bits per heavy atom. The van der Waals surface area contributed by atoms with Crippen LogP contribution in [0.1, 0.15) is 0 Å². The molecule has 0 saturated carbocycles. The van der Waals surface area contributed by atoms with E-state index in [1.165, 1.54) is 0 Å². The molecule has 0 rings (SSSR count). The minimum absolute atomic E-state index is 0. The van der Waals surface area contributed by atoms with Gasteiger partial charge in [0.15, 0.2) is 0 Å². The summed E-state index contributed by atoms with van der Waals surface area (Å²) in [7, 11) is 0. The van der Waals surface area contributed by atoms with Gasteiger partial charge in [-0.3, -0.25) is 0 Å². The van der Waals surface area contributed by atoms with Crippen molar-refractivity contribution in [1.29, 1.82) is 0 Å². The van der Waals surface area contributed by atoms with Gasteiger partial charge in [0.2, 0.25) is 0 Å². The first-order chi connectivity index (χ1) is 0. The zero-order valence-corrected chi connectivity index (χ0v) is 18.2. The van der Waals surface area contributed by atoms with Gasteiger partial charge in [-0.2, -0.15) is 0 Å². The molecule has 0 nitrogen and oxygen atoms in total. The second-order valence-electron chi connectivity index (χ2n) is 0. The first-order valence-electron chi connectivity index (χ1n) is 0. The summed E-state index contributed by atoms with van der Waals surface area (Å²) in [6.45, 7) is 0. The molecule has 0 aliphatic rings. The van der Waals surface area contributed by atoms with Gasteiger partial charge in [0.1, 0.15) is 0 Å². The van der Waals surface area contributed by atoms with E-state index in [-0.39, 0.29) is 185 Å². The molecule has 0 saturated heterocycles. The summed E-state index contributed by atoms with van der Waals surface area (Å²) in [6.07, 6.45) is 0. The second-order valence-corrected chi connectivity index (χ2v) is 0. The summed E-state index contributed by atoms with van der Waals surface area (Å²) >= 11 is 0. The summed E-state index contributed by atoms with van der Waals surface area (Å²) in [4.78, 5) is 0. The quantitative estimate of drug-likeness (QED) is 0.363. The Labute approximate surface area is 179 Å². The fourth-order valence-electron chi connectivity index (χ4n) is 0. The van der Waals surface area contributed by atoms with E-state index in [0.29, 0.717) is 0 Å². The van der Waals surface area contributed by atoms with Crippen LogP contribution in [0.25, 0.3) is 0 Å². The molecule has 0 bridgehead atoms. The van der Waals surface area contributed by atoms with Crippen LogP contribution in [0, 0.1) is 159 Å². The third-order valence-corrected chi connectivity index (χ3v) is 0. The molecule has 0 aliphatic heterocycles. The van der Waals surface area contributed by atoms with E-state index in [9.17, 15) is 0 Å². The maximum atomic E-state index is 0. The predicted molar refractivity (Wildman–Crippen MR) is 0 cm³/mol. The fraction of sp³-hybridized carbons (Fsp3) is 0. The molecule has 5 heavy (non-hydrogen) atoms. The third-order valence-electron chi connectivity index (χ3n) is 0. The summed E-state index contributed by atoms with van der Waals surface area (Å²) in [6, 6.07) is 0. The van der Waals surface area contributed by atoms with Crippen molar-refractivity contribution in [2.24, 2.45) is 0 Å². The molecule has 0 spiro atoms. The molecule has 0 atom stereocenters. The molecular weight excluding hydrogens is 609 g/mol. The first kappa shape index (κ1) is 30.4. The van der Waals surface area contributed by atoms with Crippen molar-refractivity contribution in [2.45, 2.75) is 0 Å². The number of rotatable bonds is 0. The fourth-order valence-corrected chi connectivity index (χ4v) is 0. The SMILES string of the molecule is [Ce].[La].[Nd].[Pr].[Sc]. The van der Waals surface area contributed by atoms with Crippen molar-refractivity contribution in [2.75, 3.05) is 0 Å². The molecule has 0 fully saturated rings. The van der Waals surface area contributed by atoms with Crippen LogP contribution in [0.3, 0.4) is 0 Å². The predicted octanol–water partition coefficient (Wildman–Crippen LogP) is -0.00250. The summed E-state index contributed by atoms with van der Waals surface area (Å²) in [5, 5.41) is 0. The van der Waals surface area contributed by atoms with Crippen LogP contribution in [0.2, 0.25) is 0 Å². The van der Waals surface area contributed by atoms with Crippen LogP contribution in [0.15, 0.2) is 0 Å². The normalized spacial score (nSPS) is 0. The number of hydrogen-bond donors (Lipinski definition) is 0. The molecule has 0 aromatic carbocycles. The van der Waals surface area contributed by atoms with Gasteiger partial charge in [-0.05, 0) is 0 Å². The van der Waals surface area contributed by atoms with E-state index in [0.717, 1.165) is 0 Å². The van der Waals surface area contributed by atoms with Gasteiger partial charge in [-0.25, -0.2) is 0 Å². The molecule has 0 unspecified atom stereocenters. The van der Waals surface area contributed by atoms with Crippen molar-refractivity contribution in [3.63, 3.8) is 0 Å². The van der Waals surface area contributed by atoms with Gasteiger partial charge in [0.05, 0.1) is 0 Å². The van der Waals surface area contributed by atoms with Crippen molar-refractivity contribution in [3.8, 4) is 0 Å². The largest absolute Gasteiger partial charge is 0 e. The Balaban J connectivity index is 0. The monoisotopic (exact) mass is 607 g/mol. The molecule has 0 aromatic heterocycles. The Bertz CT molecular complexity index is 11.6. The maximum absolute atomic E-state index is 0. The van der Waals surface area contributed by atoms with E-state index in [1.54, 1.807) is 0 Å². The van der Waals surface area contributed by atoms with E-state index < -0.39 is 0 Å². The average Bonchev–Trinajstić information content (AvgIpc) is 0. The maximum Gasteiger partial charge on any atom is 0 e. The molecule has 0 N–H and O–H groups in total. The zero-order chi connectivity index (χ0) is 0. The summed E-state index contributed by atoms with van der Waals surface area (Å²) < 4.78 is 0. The van der Waals surface area contributed by atoms with Gasteiger partial charge in [-0.15, -0.1) is 0 Å². The Morgan fingerprint density at radius 3 is 1.00 bits per heavy atom. The van der Waals surface area contributed by atoms with Crippen LogP contribution in [-0.2, 0) is 25.8 Å². The molecule has 0 aliphatic carbocycles. The van der Waals surface area contributed by atoms with E-state index >= 15 is 0 Å². The van der Waals surface area contributed by atoms with Crippen molar-refractivity contribution in [3.05, 3.63) is 0 Å². The minimum Gasteiger partial charge on any atom is 0 e. The summed E-state index contributed by atoms with van der Waals surface area (Å²) in [5.41, 5.74) is 0. The van der Waals surface area contributed by atoms with Crippen LogP contribution < -0.4 is 0 Å². The van der Waals surface area contributed by atoms with Gasteiger partial charge in [0, 0.05) is 185 Å². The Hall–Kier alpha value is 6.16. The summed E-state index contributed by atoms with van der Waals surface area (Å²) in [5.74, 6) is 0. The Morgan fingerprint density at radius 2 is 1.00 bits per heavy atom. The molecule has 0 heterocycles. The third kappa shape index (κ3) is 17.8. The molecule has 17 valence electrons. The zero-order valence-electron chi connectivity index (χ0n) is 2.73. The van der Waals surface area contributed by atoms with E-state index in [2.05, 4.69) is 0 Å². The minimum atomic E-state index is 0. The van der Waals surface area contributed by atoms with Crippen LogP contribution >= 0.6 is 0 Å². The topological polar surface area (TPSA) is 0 Å². The molecule has 0 amide bonds. The van der Waals surface area contributed by atoms with Crippen molar-refractivity contribution in [1.82, 2.24) is 0 Å². The smallest absolute Gasteiger partial charge is 0 e.